The fourth-order valence-corrected chi connectivity index (χ4v) is 2.88. The monoisotopic (exact) mass is 295 g/mol. The highest BCUT2D eigenvalue weighted by molar-refractivity contribution is 5.85. The minimum Gasteiger partial charge on any atom is -0.481 e. The molecule has 7 heteroatoms. The first-order valence-electron chi connectivity index (χ1n) is 7.34. The van der Waals surface area contributed by atoms with E-state index in [0.29, 0.717) is 37.3 Å². The van der Waals surface area contributed by atoms with Crippen molar-refractivity contribution in [3.63, 3.8) is 0 Å². The molecule has 0 spiro atoms. The molecule has 1 fully saturated rings. The third kappa shape index (κ3) is 3.40. The van der Waals surface area contributed by atoms with E-state index < -0.39 is 17.8 Å². The maximum absolute atomic E-state index is 12.7. The van der Waals surface area contributed by atoms with Crippen LogP contribution in [-0.2, 0) is 16.1 Å². The van der Waals surface area contributed by atoms with Gasteiger partial charge in [0.1, 0.15) is 11.4 Å². The molecule has 1 aromatic heterocycles. The van der Waals surface area contributed by atoms with E-state index in [2.05, 4.69) is 14.9 Å². The van der Waals surface area contributed by atoms with Crippen LogP contribution in [0.5, 0.6) is 0 Å². The molecule has 0 aromatic carbocycles. The van der Waals surface area contributed by atoms with Crippen LogP contribution >= 0.6 is 0 Å². The number of aryl methyl sites for hydroxylation is 1. The zero-order valence-electron chi connectivity index (χ0n) is 12.4. The summed E-state index contributed by atoms with van der Waals surface area (Å²) in [5.41, 5.74) is 1.27. The Morgan fingerprint density at radius 3 is 2.48 bits per heavy atom. The Hall–Kier alpha value is -1.92. The van der Waals surface area contributed by atoms with Crippen LogP contribution < -0.4 is 0 Å². The number of hydrogen-bond acceptors (Lipinski definition) is 5. The van der Waals surface area contributed by atoms with E-state index in [4.69, 9.17) is 0 Å². The average molecular weight is 295 g/mol. The van der Waals surface area contributed by atoms with Crippen LogP contribution in [0.1, 0.15) is 44.0 Å². The fraction of sp³-hybridized carbons (Fsp3) is 0.714. The zero-order valence-corrected chi connectivity index (χ0v) is 12.4. The molecule has 2 atom stereocenters. The number of carbonyl (C=O) groups excluding carboxylic acids is 1. The Morgan fingerprint density at radius 2 is 1.95 bits per heavy atom. The Bertz CT molecular complexity index is 514. The predicted octanol–water partition coefficient (Wildman–Crippen LogP) is 1.62. The normalized spacial score (nSPS) is 22.0. The van der Waals surface area contributed by atoms with Crippen molar-refractivity contribution in [1.29, 1.82) is 0 Å². The van der Waals surface area contributed by atoms with Crippen molar-refractivity contribution in [2.45, 2.75) is 46.1 Å². The molecule has 0 saturated heterocycles. The fourth-order valence-electron chi connectivity index (χ4n) is 2.88. The first-order chi connectivity index (χ1) is 10.0. The Balaban J connectivity index is 2.11. The van der Waals surface area contributed by atoms with E-state index in [1.54, 1.807) is 11.8 Å². The Kier molecular flexibility index (Phi) is 4.93. The first-order valence-corrected chi connectivity index (χ1v) is 7.34. The number of nitrogens with zero attached hydrogens (tertiary/aromatic N) is 3. The molecular formula is C14H21N3O4. The number of rotatable bonds is 5. The van der Waals surface area contributed by atoms with E-state index in [1.165, 1.54) is 0 Å². The van der Waals surface area contributed by atoms with Gasteiger partial charge in [0, 0.05) is 6.54 Å². The van der Waals surface area contributed by atoms with Gasteiger partial charge in [0.2, 0.25) is 5.91 Å². The molecule has 116 valence electrons. The molecule has 0 radical (unpaired) electrons. The second kappa shape index (κ2) is 6.69. The number of hydrogen-bond donors (Lipinski definition) is 1. The van der Waals surface area contributed by atoms with E-state index in [0.717, 1.165) is 12.8 Å². The van der Waals surface area contributed by atoms with Crippen molar-refractivity contribution in [2.24, 2.45) is 11.8 Å². The van der Waals surface area contributed by atoms with Gasteiger partial charge >= 0.3 is 5.97 Å². The molecule has 1 aromatic rings. The summed E-state index contributed by atoms with van der Waals surface area (Å²) in [7, 11) is 0. The van der Waals surface area contributed by atoms with Crippen molar-refractivity contribution >= 4 is 11.9 Å². The first kappa shape index (κ1) is 15.5. The van der Waals surface area contributed by atoms with E-state index in [9.17, 15) is 14.7 Å². The number of aromatic nitrogens is 2. The Morgan fingerprint density at radius 1 is 1.29 bits per heavy atom. The number of amides is 1. The quantitative estimate of drug-likeness (QED) is 0.886. The van der Waals surface area contributed by atoms with Crippen molar-refractivity contribution < 1.29 is 19.3 Å². The Labute approximate surface area is 123 Å². The second-order valence-corrected chi connectivity index (χ2v) is 5.48. The highest BCUT2D eigenvalue weighted by Crippen LogP contribution is 2.32. The summed E-state index contributed by atoms with van der Waals surface area (Å²) in [4.78, 5) is 25.6. The van der Waals surface area contributed by atoms with Gasteiger partial charge in [-0.15, -0.1) is 0 Å². The van der Waals surface area contributed by atoms with Crippen molar-refractivity contribution in [3.05, 3.63) is 11.4 Å². The highest BCUT2D eigenvalue weighted by Gasteiger charge is 2.37. The lowest BCUT2D eigenvalue weighted by Crippen LogP contribution is -2.42. The molecule has 0 unspecified atom stereocenters. The summed E-state index contributed by atoms with van der Waals surface area (Å²) in [6.45, 7) is 4.46. The predicted molar refractivity (Wildman–Crippen MR) is 73.2 cm³/mol. The second-order valence-electron chi connectivity index (χ2n) is 5.48. The average Bonchev–Trinajstić information content (AvgIpc) is 2.89. The van der Waals surface area contributed by atoms with Crippen LogP contribution in [0.25, 0.3) is 0 Å². The lowest BCUT2D eigenvalue weighted by atomic mass is 9.78. The smallest absolute Gasteiger partial charge is 0.307 e. The summed E-state index contributed by atoms with van der Waals surface area (Å²) in [6, 6.07) is 0. The zero-order chi connectivity index (χ0) is 15.4. The topological polar surface area (TPSA) is 96.5 Å². The molecule has 1 aliphatic rings. The van der Waals surface area contributed by atoms with Crippen LogP contribution in [0.15, 0.2) is 4.63 Å². The molecular weight excluding hydrogens is 274 g/mol. The van der Waals surface area contributed by atoms with Gasteiger partial charge in [0.15, 0.2) is 0 Å². The van der Waals surface area contributed by atoms with Gasteiger partial charge in [-0.3, -0.25) is 9.59 Å². The minimum absolute atomic E-state index is 0.105. The van der Waals surface area contributed by atoms with Crippen LogP contribution in [0.2, 0.25) is 0 Å². The molecule has 1 N–H and O–H groups in total. The van der Waals surface area contributed by atoms with Crippen molar-refractivity contribution in [2.75, 3.05) is 6.54 Å². The summed E-state index contributed by atoms with van der Waals surface area (Å²) in [5.74, 6) is -1.98. The summed E-state index contributed by atoms with van der Waals surface area (Å²) in [5, 5.41) is 16.8. The van der Waals surface area contributed by atoms with Gasteiger partial charge in [-0.05, 0) is 26.7 Å². The maximum atomic E-state index is 12.7. The highest BCUT2D eigenvalue weighted by atomic mass is 16.6. The lowest BCUT2D eigenvalue weighted by molar-refractivity contribution is -0.152. The van der Waals surface area contributed by atoms with Crippen LogP contribution in [-0.4, -0.2) is 38.7 Å². The van der Waals surface area contributed by atoms with E-state index in [-0.39, 0.29) is 5.91 Å². The summed E-state index contributed by atoms with van der Waals surface area (Å²) >= 11 is 0. The lowest BCUT2D eigenvalue weighted by Gasteiger charge is -2.32. The number of carboxylic acid groups (broad SMARTS) is 1. The van der Waals surface area contributed by atoms with Crippen LogP contribution in [0.3, 0.4) is 0 Å². The molecule has 2 rings (SSSR count). The number of aliphatic carboxylic acids is 1. The third-order valence-electron chi connectivity index (χ3n) is 4.18. The van der Waals surface area contributed by atoms with Gasteiger partial charge in [-0.25, -0.2) is 4.63 Å². The number of carboxylic acids is 1. The molecule has 0 bridgehead atoms. The SMILES string of the molecule is CCN(Cc1nonc1C)C(=O)[C@H]1CCCC[C@H]1C(=O)O. The van der Waals surface area contributed by atoms with Crippen molar-refractivity contribution in [3.8, 4) is 0 Å². The molecule has 21 heavy (non-hydrogen) atoms. The van der Waals surface area contributed by atoms with Crippen molar-refractivity contribution in [1.82, 2.24) is 15.2 Å². The largest absolute Gasteiger partial charge is 0.481 e. The molecule has 1 heterocycles. The summed E-state index contributed by atoms with van der Waals surface area (Å²) in [6.07, 6.45) is 3.00. The van der Waals surface area contributed by atoms with Gasteiger partial charge in [0.25, 0.3) is 0 Å². The molecule has 1 saturated carbocycles. The maximum Gasteiger partial charge on any atom is 0.307 e. The standard InChI is InChI=1S/C14H21N3O4/c1-3-17(8-12-9(2)15-21-16-12)13(18)10-6-4-5-7-11(10)14(19)20/h10-11H,3-8H2,1-2H3,(H,19,20)/t10-,11+/m0/s1. The van der Waals surface area contributed by atoms with Gasteiger partial charge in [-0.1, -0.05) is 23.2 Å². The van der Waals surface area contributed by atoms with Gasteiger partial charge in [0.05, 0.1) is 18.4 Å². The molecule has 1 amide bonds. The molecule has 7 nitrogen and oxygen atoms in total. The van der Waals surface area contributed by atoms with Gasteiger partial charge in [-0.2, -0.15) is 0 Å². The van der Waals surface area contributed by atoms with E-state index >= 15 is 0 Å². The third-order valence-corrected chi connectivity index (χ3v) is 4.18. The van der Waals surface area contributed by atoms with Crippen LogP contribution in [0, 0.1) is 18.8 Å². The summed E-state index contributed by atoms with van der Waals surface area (Å²) < 4.78 is 4.64. The van der Waals surface area contributed by atoms with E-state index in [1.807, 2.05) is 6.92 Å². The number of carbonyl (C=O) groups is 2. The van der Waals surface area contributed by atoms with Gasteiger partial charge < -0.3 is 10.0 Å². The minimum atomic E-state index is -0.872. The van der Waals surface area contributed by atoms with Crippen LogP contribution in [0.4, 0.5) is 0 Å². The molecule has 0 aliphatic heterocycles. The molecule has 1 aliphatic carbocycles.